The van der Waals surface area contributed by atoms with E-state index >= 15 is 0 Å². The van der Waals surface area contributed by atoms with Gasteiger partial charge in [0.25, 0.3) is 5.91 Å². The number of aliphatic imine (C=N–C) groups is 2. The molecule has 1 aromatic carbocycles. The zero-order chi connectivity index (χ0) is 25.5. The van der Waals surface area contributed by atoms with E-state index in [2.05, 4.69) is 17.6 Å². The van der Waals surface area contributed by atoms with E-state index in [0.717, 1.165) is 49.8 Å². The number of amidine groups is 2. The molecule has 3 aliphatic rings. The minimum absolute atomic E-state index is 0.00129. The van der Waals surface area contributed by atoms with Gasteiger partial charge in [-0.3, -0.25) is 19.4 Å². The first-order valence-electron chi connectivity index (χ1n) is 13.3. The molecule has 1 saturated carbocycles. The molecule has 0 unspecified atom stereocenters. The topological polar surface area (TPSA) is 103 Å². The number of carbonyl (C=O) groups excluding carboxylic acids is 3. The number of amides is 3. The summed E-state index contributed by atoms with van der Waals surface area (Å²) in [5.74, 6) is 0.318. The molecule has 2 aliphatic heterocycles. The number of nitrogens with one attached hydrogen (secondary N) is 2. The first-order chi connectivity index (χ1) is 17.5. The Balaban J connectivity index is 1.48. The van der Waals surface area contributed by atoms with Crippen LogP contribution in [0.5, 0.6) is 0 Å². The quantitative estimate of drug-likeness (QED) is 0.457. The molecule has 0 bridgehead atoms. The monoisotopic (exact) mass is 511 g/mol. The molecular formula is C27H37N5O3S. The lowest BCUT2D eigenvalue weighted by Crippen LogP contribution is -2.45. The van der Waals surface area contributed by atoms with Crippen molar-refractivity contribution in [3.8, 4) is 0 Å². The highest BCUT2D eigenvalue weighted by molar-refractivity contribution is 8.15. The summed E-state index contributed by atoms with van der Waals surface area (Å²) in [7, 11) is 0. The molecule has 2 atom stereocenters. The van der Waals surface area contributed by atoms with Gasteiger partial charge in [0.05, 0.1) is 10.9 Å². The summed E-state index contributed by atoms with van der Waals surface area (Å²) in [6.07, 6.45) is 8.74. The first kappa shape index (κ1) is 26.4. The SMILES string of the molecule is CCCCNC(=O)CC[C@@H]1N=C2c3ccccc3N=C(S[C@H](CC)C(=O)NC3CCCCC3)N2C1=O. The van der Waals surface area contributed by atoms with Gasteiger partial charge in [-0.1, -0.05) is 63.4 Å². The third kappa shape index (κ3) is 6.17. The Kier molecular flexibility index (Phi) is 9.18. The molecule has 0 spiro atoms. The van der Waals surface area contributed by atoms with E-state index in [1.54, 1.807) is 4.90 Å². The van der Waals surface area contributed by atoms with Crippen molar-refractivity contribution in [2.75, 3.05) is 6.54 Å². The van der Waals surface area contributed by atoms with Crippen molar-refractivity contribution in [2.45, 2.75) is 95.4 Å². The average Bonchev–Trinajstić information content (AvgIpc) is 3.23. The Bertz CT molecular complexity index is 1030. The van der Waals surface area contributed by atoms with Crippen LogP contribution >= 0.6 is 11.8 Å². The zero-order valence-corrected chi connectivity index (χ0v) is 22.1. The van der Waals surface area contributed by atoms with Crippen LogP contribution in [0.3, 0.4) is 0 Å². The molecule has 0 aromatic heterocycles. The summed E-state index contributed by atoms with van der Waals surface area (Å²) in [5, 5.41) is 6.25. The van der Waals surface area contributed by atoms with Crippen LogP contribution in [0.1, 0.15) is 83.6 Å². The maximum absolute atomic E-state index is 13.5. The fourth-order valence-corrected chi connectivity index (χ4v) is 5.85. The number of para-hydroxylation sites is 1. The van der Waals surface area contributed by atoms with Gasteiger partial charge < -0.3 is 10.6 Å². The van der Waals surface area contributed by atoms with Crippen LogP contribution in [-0.4, -0.2) is 57.5 Å². The van der Waals surface area contributed by atoms with Gasteiger partial charge in [-0.25, -0.2) is 9.89 Å². The Morgan fingerprint density at radius 3 is 2.69 bits per heavy atom. The molecule has 8 nitrogen and oxygen atoms in total. The summed E-state index contributed by atoms with van der Waals surface area (Å²) >= 11 is 1.33. The Labute approximate surface area is 217 Å². The Morgan fingerprint density at radius 2 is 1.94 bits per heavy atom. The van der Waals surface area contributed by atoms with Crippen molar-refractivity contribution >= 4 is 46.2 Å². The fraction of sp³-hybridized carbons (Fsp3) is 0.593. The smallest absolute Gasteiger partial charge is 0.259 e. The van der Waals surface area contributed by atoms with Crippen molar-refractivity contribution in [3.63, 3.8) is 0 Å². The van der Waals surface area contributed by atoms with Gasteiger partial charge in [-0.05, 0) is 44.2 Å². The Hall–Kier alpha value is -2.68. The summed E-state index contributed by atoms with van der Waals surface area (Å²) in [5.41, 5.74) is 1.54. The second-order valence-electron chi connectivity index (χ2n) is 9.65. The minimum Gasteiger partial charge on any atom is -0.356 e. The third-order valence-electron chi connectivity index (χ3n) is 6.91. The van der Waals surface area contributed by atoms with Crippen molar-refractivity contribution < 1.29 is 14.4 Å². The van der Waals surface area contributed by atoms with Crippen LogP contribution < -0.4 is 10.6 Å². The van der Waals surface area contributed by atoms with Crippen molar-refractivity contribution in [1.29, 1.82) is 0 Å². The third-order valence-corrected chi connectivity index (χ3v) is 8.22. The van der Waals surface area contributed by atoms with Crippen LogP contribution in [-0.2, 0) is 14.4 Å². The van der Waals surface area contributed by atoms with Crippen LogP contribution in [0.4, 0.5) is 5.69 Å². The van der Waals surface area contributed by atoms with Crippen LogP contribution in [0.15, 0.2) is 34.3 Å². The lowest BCUT2D eigenvalue weighted by atomic mass is 9.95. The summed E-state index contributed by atoms with van der Waals surface area (Å²) in [6.45, 7) is 4.71. The lowest BCUT2D eigenvalue weighted by molar-refractivity contribution is -0.125. The van der Waals surface area contributed by atoms with E-state index in [0.29, 0.717) is 30.4 Å². The van der Waals surface area contributed by atoms with E-state index in [1.807, 2.05) is 31.2 Å². The average molecular weight is 512 g/mol. The molecule has 3 amide bonds. The zero-order valence-electron chi connectivity index (χ0n) is 21.3. The van der Waals surface area contributed by atoms with Crippen molar-refractivity contribution in [1.82, 2.24) is 15.5 Å². The van der Waals surface area contributed by atoms with Gasteiger partial charge in [-0.2, -0.15) is 0 Å². The molecule has 194 valence electrons. The van der Waals surface area contributed by atoms with Crippen LogP contribution in [0.25, 0.3) is 0 Å². The van der Waals surface area contributed by atoms with Gasteiger partial charge in [0, 0.05) is 24.6 Å². The standard InChI is InChI=1S/C27H37N5O3S/c1-3-5-17-28-23(33)16-15-21-26(35)32-24(30-21)19-13-9-10-14-20(19)31-27(32)36-22(4-2)25(34)29-18-11-7-6-8-12-18/h9-10,13-14,18,21-22H,3-8,11-12,15-17H2,1-2H3,(H,28,33)(H,29,34)/t21-,22+/m0/s1. The highest BCUT2D eigenvalue weighted by Gasteiger charge is 2.42. The number of thioether (sulfide) groups is 1. The molecule has 1 aliphatic carbocycles. The predicted molar refractivity (Wildman–Crippen MR) is 145 cm³/mol. The second kappa shape index (κ2) is 12.5. The number of nitrogens with zero attached hydrogens (tertiary/aromatic N) is 3. The number of carbonyl (C=O) groups is 3. The summed E-state index contributed by atoms with van der Waals surface area (Å²) in [4.78, 5) is 49.9. The van der Waals surface area contributed by atoms with E-state index < -0.39 is 6.04 Å². The highest BCUT2D eigenvalue weighted by atomic mass is 32.2. The molecule has 4 rings (SSSR count). The molecule has 9 heteroatoms. The van der Waals surface area contributed by atoms with E-state index in [4.69, 9.17) is 9.98 Å². The van der Waals surface area contributed by atoms with Gasteiger partial charge >= 0.3 is 0 Å². The number of rotatable bonds is 10. The van der Waals surface area contributed by atoms with Gasteiger partial charge in [0.1, 0.15) is 11.9 Å². The molecule has 0 saturated heterocycles. The number of unbranched alkanes of at least 4 members (excludes halogenated alkanes) is 1. The van der Waals surface area contributed by atoms with E-state index in [9.17, 15) is 14.4 Å². The lowest BCUT2D eigenvalue weighted by Gasteiger charge is -2.29. The molecule has 1 fully saturated rings. The van der Waals surface area contributed by atoms with Gasteiger partial charge in [0.2, 0.25) is 11.8 Å². The fourth-order valence-electron chi connectivity index (χ4n) is 4.82. The number of hydrogen-bond donors (Lipinski definition) is 2. The number of fused-ring (bicyclic) bond motifs is 3. The molecule has 0 radical (unpaired) electrons. The summed E-state index contributed by atoms with van der Waals surface area (Å²) in [6, 6.07) is 7.21. The van der Waals surface area contributed by atoms with E-state index in [1.165, 1.54) is 18.2 Å². The van der Waals surface area contributed by atoms with Crippen molar-refractivity contribution in [2.24, 2.45) is 9.98 Å². The highest BCUT2D eigenvalue weighted by Crippen LogP contribution is 2.36. The molecule has 2 heterocycles. The molecular weight excluding hydrogens is 474 g/mol. The maximum atomic E-state index is 13.5. The van der Waals surface area contributed by atoms with Gasteiger partial charge in [-0.15, -0.1) is 0 Å². The van der Waals surface area contributed by atoms with Crippen LogP contribution in [0.2, 0.25) is 0 Å². The summed E-state index contributed by atoms with van der Waals surface area (Å²) < 4.78 is 0. The normalized spacial score (nSPS) is 20.2. The maximum Gasteiger partial charge on any atom is 0.259 e. The first-order valence-corrected chi connectivity index (χ1v) is 14.2. The second-order valence-corrected chi connectivity index (χ2v) is 10.8. The molecule has 36 heavy (non-hydrogen) atoms. The van der Waals surface area contributed by atoms with E-state index in [-0.39, 0.29) is 35.4 Å². The minimum atomic E-state index is -0.634. The van der Waals surface area contributed by atoms with Crippen molar-refractivity contribution in [3.05, 3.63) is 29.8 Å². The van der Waals surface area contributed by atoms with Gasteiger partial charge in [0.15, 0.2) is 5.17 Å². The molecule has 1 aromatic rings. The number of benzene rings is 1. The number of hydrogen-bond acceptors (Lipinski definition) is 6. The molecule has 2 N–H and O–H groups in total. The predicted octanol–water partition coefficient (Wildman–Crippen LogP) is 4.30. The Morgan fingerprint density at radius 1 is 1.17 bits per heavy atom. The largest absolute Gasteiger partial charge is 0.356 e. The van der Waals surface area contributed by atoms with Crippen LogP contribution in [0, 0.1) is 0 Å².